The van der Waals surface area contributed by atoms with Crippen LogP contribution in [-0.2, 0) is 9.53 Å². The number of carbonyl (C=O) groups is 3. The van der Waals surface area contributed by atoms with Crippen LogP contribution in [0.2, 0.25) is 0 Å². The number of nitrogens with zero attached hydrogens (tertiary/aromatic N) is 2. The molecule has 0 radical (unpaired) electrons. The fraction of sp³-hybridized carbons (Fsp3) is 0.593. The number of esters is 1. The van der Waals surface area contributed by atoms with E-state index in [1.54, 1.807) is 0 Å². The smallest absolute Gasteiger partial charge is 0.319 e. The molecule has 0 unspecified atom stereocenters. The average molecular weight is 513 g/mol. The molecule has 0 bridgehead atoms. The van der Waals surface area contributed by atoms with Crippen molar-refractivity contribution >= 4 is 44.3 Å². The molecule has 8 nitrogen and oxygen atoms in total. The molecule has 4 heterocycles. The Hall–Kier alpha value is -2.65. The van der Waals surface area contributed by atoms with Gasteiger partial charge in [0.2, 0.25) is 0 Å². The Morgan fingerprint density at radius 3 is 2.61 bits per heavy atom. The van der Waals surface area contributed by atoms with Crippen molar-refractivity contribution in [2.45, 2.75) is 64.5 Å². The van der Waals surface area contributed by atoms with Gasteiger partial charge in [-0.1, -0.05) is 18.2 Å². The van der Waals surface area contributed by atoms with Gasteiger partial charge in [0.1, 0.15) is 10.6 Å². The molecule has 9 heteroatoms. The van der Waals surface area contributed by atoms with Crippen molar-refractivity contribution < 1.29 is 19.1 Å². The number of rotatable bonds is 4. The lowest BCUT2D eigenvalue weighted by atomic mass is 9.74. The molecule has 0 aliphatic carbocycles. The predicted octanol–water partition coefficient (Wildman–Crippen LogP) is 4.46. The number of likely N-dealkylation sites (tertiary alicyclic amines) is 2. The number of hydrogen-bond acceptors (Lipinski definition) is 6. The highest BCUT2D eigenvalue weighted by molar-refractivity contribution is 7.23. The lowest BCUT2D eigenvalue weighted by molar-refractivity contribution is -0.154. The number of ether oxygens (including phenoxy) is 1. The molecule has 3 saturated heterocycles. The first-order valence-corrected chi connectivity index (χ1v) is 13.9. The van der Waals surface area contributed by atoms with Crippen LogP contribution in [0.3, 0.4) is 0 Å². The Labute approximate surface area is 216 Å². The summed E-state index contributed by atoms with van der Waals surface area (Å²) >= 11 is 1.43. The van der Waals surface area contributed by atoms with Gasteiger partial charge in [-0.05, 0) is 59.1 Å². The Kier molecular flexibility index (Phi) is 6.72. The number of carbonyl (C=O) groups excluding carboxylic acids is 3. The summed E-state index contributed by atoms with van der Waals surface area (Å²) in [6.45, 7) is 9.45. The Balaban J connectivity index is 1.28. The third-order valence-corrected chi connectivity index (χ3v) is 8.90. The Morgan fingerprint density at radius 2 is 1.92 bits per heavy atom. The summed E-state index contributed by atoms with van der Waals surface area (Å²) in [6.07, 6.45) is 4.43. The first-order valence-electron chi connectivity index (χ1n) is 13.0. The first-order chi connectivity index (χ1) is 17.2. The van der Waals surface area contributed by atoms with Gasteiger partial charge in [-0.15, -0.1) is 11.3 Å². The molecule has 2 N–H and O–H groups in total. The van der Waals surface area contributed by atoms with E-state index in [-0.39, 0.29) is 28.9 Å². The van der Waals surface area contributed by atoms with Crippen molar-refractivity contribution in [3.8, 4) is 0 Å². The molecule has 5 rings (SSSR count). The molecule has 3 aliphatic heterocycles. The van der Waals surface area contributed by atoms with Crippen molar-refractivity contribution in [1.82, 2.24) is 15.1 Å². The van der Waals surface area contributed by atoms with Gasteiger partial charge < -0.3 is 15.0 Å². The standard InChI is InChI=1S/C27H36N4O4S/c1-4-28-25(34)29-22-21(19-8-5-6-9-20(19)36-22)23(32)30-14-10-18(11-15-30)31-13-7-12-27(17-31)16-26(2,3)35-24(27)33/h5-6,8-9,18H,4,7,10-17H2,1-3H3,(H2,28,29,34)/t27-/m0/s1. The highest BCUT2D eigenvalue weighted by Crippen LogP contribution is 2.47. The maximum atomic E-state index is 13.7. The van der Waals surface area contributed by atoms with Crippen LogP contribution in [0.5, 0.6) is 0 Å². The molecule has 3 fully saturated rings. The molecule has 1 spiro atoms. The fourth-order valence-electron chi connectivity index (χ4n) is 6.32. The minimum absolute atomic E-state index is 0.0334. The summed E-state index contributed by atoms with van der Waals surface area (Å²) in [5, 5.41) is 7.11. The van der Waals surface area contributed by atoms with Gasteiger partial charge in [0, 0.05) is 48.7 Å². The number of urea groups is 1. The summed E-state index contributed by atoms with van der Waals surface area (Å²) < 4.78 is 6.68. The summed E-state index contributed by atoms with van der Waals surface area (Å²) in [7, 11) is 0. The van der Waals surface area contributed by atoms with E-state index in [1.165, 1.54) is 11.3 Å². The third-order valence-electron chi connectivity index (χ3n) is 7.81. The van der Waals surface area contributed by atoms with E-state index in [0.717, 1.165) is 55.3 Å². The molecular formula is C27H36N4O4S. The van der Waals surface area contributed by atoms with E-state index >= 15 is 0 Å². The zero-order chi connectivity index (χ0) is 25.5. The van der Waals surface area contributed by atoms with Gasteiger partial charge in [0.25, 0.3) is 5.91 Å². The molecule has 1 atom stereocenters. The minimum atomic E-state index is -0.390. The lowest BCUT2D eigenvalue weighted by Crippen LogP contribution is -2.53. The number of amides is 3. The third kappa shape index (κ3) is 4.70. The van der Waals surface area contributed by atoms with E-state index < -0.39 is 0 Å². The van der Waals surface area contributed by atoms with Gasteiger partial charge in [-0.25, -0.2) is 4.79 Å². The van der Waals surface area contributed by atoms with E-state index in [1.807, 2.05) is 49.9 Å². The SMILES string of the molecule is CCNC(=O)Nc1sc2ccccc2c1C(=O)N1CCC(N2CCC[C@@]3(C2)CC(C)(C)OC3=O)CC1. The van der Waals surface area contributed by atoms with Crippen LogP contribution in [0, 0.1) is 5.41 Å². The van der Waals surface area contributed by atoms with E-state index in [2.05, 4.69) is 15.5 Å². The highest BCUT2D eigenvalue weighted by Gasteiger charge is 2.54. The predicted molar refractivity (Wildman–Crippen MR) is 141 cm³/mol. The lowest BCUT2D eigenvalue weighted by Gasteiger charge is -2.44. The minimum Gasteiger partial charge on any atom is -0.459 e. The quantitative estimate of drug-likeness (QED) is 0.591. The molecule has 0 saturated carbocycles. The summed E-state index contributed by atoms with van der Waals surface area (Å²) in [4.78, 5) is 43.1. The molecular weight excluding hydrogens is 476 g/mol. The Bertz CT molecular complexity index is 1170. The molecule has 36 heavy (non-hydrogen) atoms. The number of fused-ring (bicyclic) bond motifs is 1. The number of benzene rings is 1. The van der Waals surface area contributed by atoms with Crippen LogP contribution in [0.15, 0.2) is 24.3 Å². The second-order valence-corrected chi connectivity index (χ2v) is 12.0. The van der Waals surface area contributed by atoms with Crippen molar-refractivity contribution in [3.63, 3.8) is 0 Å². The first kappa shape index (κ1) is 25.0. The highest BCUT2D eigenvalue weighted by atomic mass is 32.1. The summed E-state index contributed by atoms with van der Waals surface area (Å²) in [5.41, 5.74) is -0.198. The Morgan fingerprint density at radius 1 is 1.17 bits per heavy atom. The maximum absolute atomic E-state index is 13.7. The average Bonchev–Trinajstić information content (AvgIpc) is 3.31. The summed E-state index contributed by atoms with van der Waals surface area (Å²) in [6, 6.07) is 7.85. The molecule has 194 valence electrons. The second-order valence-electron chi connectivity index (χ2n) is 11.0. The van der Waals surface area contributed by atoms with Crippen LogP contribution in [0.25, 0.3) is 10.1 Å². The number of piperidine rings is 2. The van der Waals surface area contributed by atoms with Crippen molar-refractivity contribution in [1.29, 1.82) is 0 Å². The fourth-order valence-corrected chi connectivity index (χ4v) is 7.41. The normalized spacial score (nSPS) is 24.8. The van der Waals surface area contributed by atoms with Gasteiger partial charge in [0.05, 0.1) is 11.0 Å². The van der Waals surface area contributed by atoms with Gasteiger partial charge in [0.15, 0.2) is 0 Å². The number of hydrogen-bond donors (Lipinski definition) is 2. The van der Waals surface area contributed by atoms with Crippen LogP contribution in [-0.4, -0.2) is 72.1 Å². The van der Waals surface area contributed by atoms with Crippen LogP contribution in [0.4, 0.5) is 9.80 Å². The van der Waals surface area contributed by atoms with Crippen molar-refractivity contribution in [2.24, 2.45) is 5.41 Å². The molecule has 2 aromatic rings. The molecule has 3 aliphatic rings. The monoisotopic (exact) mass is 512 g/mol. The van der Waals surface area contributed by atoms with E-state index in [0.29, 0.717) is 36.2 Å². The number of thiophene rings is 1. The van der Waals surface area contributed by atoms with Crippen molar-refractivity contribution in [2.75, 3.05) is 38.0 Å². The van der Waals surface area contributed by atoms with Gasteiger partial charge in [-0.2, -0.15) is 0 Å². The van der Waals surface area contributed by atoms with Crippen LogP contribution >= 0.6 is 11.3 Å². The van der Waals surface area contributed by atoms with Gasteiger partial charge in [-0.3, -0.25) is 19.8 Å². The molecule has 1 aromatic carbocycles. The zero-order valence-corrected chi connectivity index (χ0v) is 22.2. The number of nitrogens with one attached hydrogen (secondary N) is 2. The topological polar surface area (TPSA) is 91.0 Å². The molecule has 3 amide bonds. The number of cyclic esters (lactones) is 1. The van der Waals surface area contributed by atoms with Crippen LogP contribution in [0.1, 0.15) is 63.2 Å². The van der Waals surface area contributed by atoms with E-state index in [9.17, 15) is 14.4 Å². The summed E-state index contributed by atoms with van der Waals surface area (Å²) in [5.74, 6) is -0.0739. The van der Waals surface area contributed by atoms with E-state index in [4.69, 9.17) is 4.74 Å². The molecule has 1 aromatic heterocycles. The largest absolute Gasteiger partial charge is 0.459 e. The maximum Gasteiger partial charge on any atom is 0.319 e. The zero-order valence-electron chi connectivity index (χ0n) is 21.4. The second kappa shape index (κ2) is 9.67. The van der Waals surface area contributed by atoms with Crippen LogP contribution < -0.4 is 10.6 Å². The van der Waals surface area contributed by atoms with Gasteiger partial charge >= 0.3 is 12.0 Å². The van der Waals surface area contributed by atoms with Crippen molar-refractivity contribution in [3.05, 3.63) is 29.8 Å². The number of anilines is 1.